The van der Waals surface area contributed by atoms with Crippen LogP contribution in [0.3, 0.4) is 0 Å². The molecule has 5 heteroatoms. The summed E-state index contributed by atoms with van der Waals surface area (Å²) in [6.07, 6.45) is 0. The van der Waals surface area contributed by atoms with E-state index in [4.69, 9.17) is 9.84 Å². The summed E-state index contributed by atoms with van der Waals surface area (Å²) < 4.78 is 5.51. The van der Waals surface area contributed by atoms with Crippen LogP contribution in [0.2, 0.25) is 0 Å². The number of nitrogens with zero attached hydrogens (tertiary/aromatic N) is 1. The minimum absolute atomic E-state index is 0.269. The van der Waals surface area contributed by atoms with Crippen molar-refractivity contribution in [2.45, 2.75) is 13.0 Å². The average Bonchev–Trinajstić information content (AvgIpc) is 2.38. The van der Waals surface area contributed by atoms with Crippen LogP contribution in [-0.4, -0.2) is 55.8 Å². The number of hydrogen-bond acceptors (Lipinski definition) is 4. The van der Waals surface area contributed by atoms with Gasteiger partial charge in [-0.05, 0) is 45.3 Å². The average molecular weight is 266 g/mol. The third-order valence-corrected chi connectivity index (χ3v) is 2.97. The second kappa shape index (κ2) is 7.76. The molecular weight excluding hydrogens is 244 g/mol. The first-order chi connectivity index (χ1) is 9.00. The molecule has 0 spiro atoms. The van der Waals surface area contributed by atoms with Crippen molar-refractivity contribution in [1.82, 2.24) is 10.2 Å². The number of hydrogen-bond donors (Lipinski definition) is 2. The van der Waals surface area contributed by atoms with Crippen molar-refractivity contribution in [3.05, 3.63) is 29.8 Å². The van der Waals surface area contributed by atoms with Crippen molar-refractivity contribution in [2.75, 3.05) is 33.8 Å². The van der Waals surface area contributed by atoms with Crippen LogP contribution < -0.4 is 10.1 Å². The number of carboxylic acids is 1. The van der Waals surface area contributed by atoms with Crippen molar-refractivity contribution >= 4 is 5.97 Å². The van der Waals surface area contributed by atoms with Gasteiger partial charge in [0.25, 0.3) is 0 Å². The summed E-state index contributed by atoms with van der Waals surface area (Å²) >= 11 is 0. The van der Waals surface area contributed by atoms with Crippen LogP contribution in [0.1, 0.15) is 17.3 Å². The van der Waals surface area contributed by atoms with Gasteiger partial charge in [-0.15, -0.1) is 0 Å². The first-order valence-electron chi connectivity index (χ1n) is 6.34. The number of nitrogens with one attached hydrogen (secondary N) is 1. The monoisotopic (exact) mass is 266 g/mol. The van der Waals surface area contributed by atoms with E-state index >= 15 is 0 Å². The van der Waals surface area contributed by atoms with Crippen molar-refractivity contribution in [2.24, 2.45) is 0 Å². The van der Waals surface area contributed by atoms with Gasteiger partial charge in [-0.25, -0.2) is 4.79 Å². The van der Waals surface area contributed by atoms with Crippen LogP contribution in [0.5, 0.6) is 5.75 Å². The van der Waals surface area contributed by atoms with E-state index in [1.165, 1.54) is 0 Å². The fourth-order valence-corrected chi connectivity index (χ4v) is 1.43. The Balaban J connectivity index is 2.21. The Morgan fingerprint density at radius 3 is 2.53 bits per heavy atom. The highest BCUT2D eigenvalue weighted by atomic mass is 16.5. The molecule has 0 heterocycles. The summed E-state index contributed by atoms with van der Waals surface area (Å²) in [6, 6.07) is 6.91. The van der Waals surface area contributed by atoms with Gasteiger partial charge in [-0.1, -0.05) is 0 Å². The molecule has 0 aromatic heterocycles. The molecule has 0 amide bonds. The Bertz CT molecular complexity index is 390. The third kappa shape index (κ3) is 5.72. The van der Waals surface area contributed by atoms with E-state index in [9.17, 15) is 4.79 Å². The zero-order chi connectivity index (χ0) is 14.3. The molecule has 0 saturated heterocycles. The lowest BCUT2D eigenvalue weighted by molar-refractivity contribution is 0.0697. The van der Waals surface area contributed by atoms with E-state index in [1.807, 2.05) is 14.1 Å². The van der Waals surface area contributed by atoms with E-state index in [2.05, 4.69) is 17.1 Å². The van der Waals surface area contributed by atoms with E-state index in [0.717, 1.165) is 13.1 Å². The van der Waals surface area contributed by atoms with Gasteiger partial charge in [-0.2, -0.15) is 0 Å². The predicted molar refractivity (Wildman–Crippen MR) is 74.9 cm³/mol. The largest absolute Gasteiger partial charge is 0.492 e. The number of rotatable bonds is 8. The standard InChI is InChI=1S/C14H22N2O3/c1-11(16(2)3)10-15-8-9-19-13-6-4-12(5-7-13)14(17)18/h4-7,11,15H,8-10H2,1-3H3,(H,17,18). The minimum atomic E-state index is -0.925. The minimum Gasteiger partial charge on any atom is -0.492 e. The fraction of sp³-hybridized carbons (Fsp3) is 0.500. The van der Waals surface area contributed by atoms with Gasteiger partial charge in [0.05, 0.1) is 5.56 Å². The summed E-state index contributed by atoms with van der Waals surface area (Å²) in [7, 11) is 4.10. The Hall–Kier alpha value is -1.59. The summed E-state index contributed by atoms with van der Waals surface area (Å²) in [5.74, 6) is -0.238. The Kier molecular flexibility index (Phi) is 6.32. The lowest BCUT2D eigenvalue weighted by Gasteiger charge is -2.20. The quantitative estimate of drug-likeness (QED) is 0.695. The van der Waals surface area contributed by atoms with Crippen LogP contribution in [0, 0.1) is 0 Å². The lowest BCUT2D eigenvalue weighted by atomic mass is 10.2. The molecule has 0 radical (unpaired) electrons. The van der Waals surface area contributed by atoms with Crippen LogP contribution in [0.4, 0.5) is 0 Å². The van der Waals surface area contributed by atoms with E-state index in [0.29, 0.717) is 18.4 Å². The van der Waals surface area contributed by atoms with Crippen LogP contribution >= 0.6 is 0 Å². The van der Waals surface area contributed by atoms with Gasteiger partial charge in [0.2, 0.25) is 0 Å². The van der Waals surface area contributed by atoms with Crippen molar-refractivity contribution in [1.29, 1.82) is 0 Å². The molecule has 0 aliphatic carbocycles. The molecule has 1 atom stereocenters. The predicted octanol–water partition coefficient (Wildman–Crippen LogP) is 1.30. The number of likely N-dealkylation sites (N-methyl/N-ethyl adjacent to an activating group) is 1. The highest BCUT2D eigenvalue weighted by Crippen LogP contribution is 2.11. The number of carboxylic acid groups (broad SMARTS) is 1. The van der Waals surface area contributed by atoms with E-state index in [1.54, 1.807) is 24.3 Å². The Morgan fingerprint density at radius 1 is 1.37 bits per heavy atom. The Morgan fingerprint density at radius 2 is 2.00 bits per heavy atom. The molecule has 0 aliphatic rings. The molecule has 0 aliphatic heterocycles. The first-order valence-corrected chi connectivity index (χ1v) is 6.34. The van der Waals surface area contributed by atoms with Gasteiger partial charge in [0.1, 0.15) is 12.4 Å². The zero-order valence-corrected chi connectivity index (χ0v) is 11.7. The normalized spacial score (nSPS) is 12.4. The zero-order valence-electron chi connectivity index (χ0n) is 11.7. The molecule has 106 valence electrons. The van der Waals surface area contributed by atoms with Gasteiger partial charge < -0.3 is 20.1 Å². The highest BCUT2D eigenvalue weighted by Gasteiger charge is 2.03. The second-order valence-corrected chi connectivity index (χ2v) is 4.69. The smallest absolute Gasteiger partial charge is 0.335 e. The van der Waals surface area contributed by atoms with Crippen LogP contribution in [0.25, 0.3) is 0 Å². The number of benzene rings is 1. The molecule has 0 bridgehead atoms. The van der Waals surface area contributed by atoms with Crippen molar-refractivity contribution in [3.63, 3.8) is 0 Å². The summed E-state index contributed by atoms with van der Waals surface area (Å²) in [6.45, 7) is 4.39. The molecule has 5 nitrogen and oxygen atoms in total. The maximum absolute atomic E-state index is 10.7. The SMILES string of the molecule is CC(CNCCOc1ccc(C(=O)O)cc1)N(C)C. The number of ether oxygens (including phenoxy) is 1. The summed E-state index contributed by atoms with van der Waals surface area (Å²) in [4.78, 5) is 12.8. The van der Waals surface area contributed by atoms with Gasteiger partial charge in [-0.3, -0.25) is 0 Å². The van der Waals surface area contributed by atoms with Crippen molar-refractivity contribution < 1.29 is 14.6 Å². The maximum atomic E-state index is 10.7. The maximum Gasteiger partial charge on any atom is 0.335 e. The van der Waals surface area contributed by atoms with Crippen LogP contribution in [0.15, 0.2) is 24.3 Å². The fourth-order valence-electron chi connectivity index (χ4n) is 1.43. The van der Waals surface area contributed by atoms with Crippen molar-refractivity contribution in [3.8, 4) is 5.75 Å². The highest BCUT2D eigenvalue weighted by molar-refractivity contribution is 5.87. The molecule has 1 aromatic rings. The first kappa shape index (κ1) is 15.5. The Labute approximate surface area is 114 Å². The molecule has 0 saturated carbocycles. The number of carbonyl (C=O) groups is 1. The van der Waals surface area contributed by atoms with Gasteiger partial charge >= 0.3 is 5.97 Å². The third-order valence-electron chi connectivity index (χ3n) is 2.97. The topological polar surface area (TPSA) is 61.8 Å². The lowest BCUT2D eigenvalue weighted by Crippen LogP contribution is -2.36. The molecule has 1 unspecified atom stereocenters. The molecule has 1 aromatic carbocycles. The van der Waals surface area contributed by atoms with E-state index < -0.39 is 5.97 Å². The van der Waals surface area contributed by atoms with Gasteiger partial charge in [0, 0.05) is 19.1 Å². The molecule has 2 N–H and O–H groups in total. The molecule has 0 fully saturated rings. The van der Waals surface area contributed by atoms with Crippen LogP contribution in [-0.2, 0) is 0 Å². The second-order valence-electron chi connectivity index (χ2n) is 4.69. The van der Waals surface area contributed by atoms with E-state index in [-0.39, 0.29) is 5.56 Å². The summed E-state index contributed by atoms with van der Waals surface area (Å²) in [5, 5.41) is 12.1. The number of aromatic carboxylic acids is 1. The molecule has 19 heavy (non-hydrogen) atoms. The molecular formula is C14H22N2O3. The van der Waals surface area contributed by atoms with Gasteiger partial charge in [0.15, 0.2) is 0 Å². The molecule has 1 rings (SSSR count). The summed E-state index contributed by atoms with van der Waals surface area (Å²) in [5.41, 5.74) is 0.269.